The molecule has 20 heavy (non-hydrogen) atoms. The zero-order chi connectivity index (χ0) is 15.5. The van der Waals surface area contributed by atoms with Crippen LogP contribution in [0.2, 0.25) is 0 Å². The van der Waals surface area contributed by atoms with Crippen LogP contribution in [-0.4, -0.2) is 18.2 Å². The smallest absolute Gasteiger partial charge is 0.471 e. The maximum atomic E-state index is 12.2. The summed E-state index contributed by atoms with van der Waals surface area (Å²) in [5.74, 6) is -1.34. The van der Waals surface area contributed by atoms with Gasteiger partial charge in [-0.25, -0.2) is 0 Å². The maximum Gasteiger partial charge on any atom is 0.471 e. The Labute approximate surface area is 116 Å². The van der Waals surface area contributed by atoms with Crippen LogP contribution in [0, 0.1) is 13.8 Å². The highest BCUT2D eigenvalue weighted by molar-refractivity contribution is 5.95. The van der Waals surface area contributed by atoms with Crippen LogP contribution in [0.1, 0.15) is 31.4 Å². The summed E-state index contributed by atoms with van der Waals surface area (Å²) >= 11 is 0. The molecule has 0 saturated heterocycles. The molecule has 1 amide bonds. The second-order valence-electron chi connectivity index (χ2n) is 4.73. The van der Waals surface area contributed by atoms with E-state index in [1.807, 2.05) is 19.2 Å². The zero-order valence-electron chi connectivity index (χ0n) is 11.9. The van der Waals surface area contributed by atoms with E-state index in [0.29, 0.717) is 16.9 Å². The van der Waals surface area contributed by atoms with Crippen molar-refractivity contribution in [3.63, 3.8) is 0 Å². The highest BCUT2D eigenvalue weighted by Gasteiger charge is 2.38. The Morgan fingerprint density at radius 1 is 1.30 bits per heavy atom. The van der Waals surface area contributed by atoms with E-state index >= 15 is 0 Å². The van der Waals surface area contributed by atoms with Gasteiger partial charge in [-0.3, -0.25) is 4.79 Å². The molecule has 1 aromatic rings. The van der Waals surface area contributed by atoms with Gasteiger partial charge in [0.05, 0.1) is 6.10 Å². The summed E-state index contributed by atoms with van der Waals surface area (Å²) in [5, 5.41) is 1.84. The minimum absolute atomic E-state index is 0.0167. The maximum absolute atomic E-state index is 12.2. The fraction of sp³-hybridized carbons (Fsp3) is 0.500. The minimum Gasteiger partial charge on any atom is -0.490 e. The van der Waals surface area contributed by atoms with Crippen LogP contribution in [0.15, 0.2) is 12.1 Å². The van der Waals surface area contributed by atoms with Crippen LogP contribution in [0.25, 0.3) is 0 Å². The van der Waals surface area contributed by atoms with Crippen molar-refractivity contribution in [3.8, 4) is 5.75 Å². The number of ether oxygens (including phenoxy) is 1. The minimum atomic E-state index is -4.90. The molecule has 1 aromatic carbocycles. The van der Waals surface area contributed by atoms with Gasteiger partial charge >= 0.3 is 12.1 Å². The first-order valence-electron chi connectivity index (χ1n) is 6.31. The average molecular weight is 289 g/mol. The van der Waals surface area contributed by atoms with Crippen molar-refractivity contribution in [1.29, 1.82) is 0 Å². The number of amides is 1. The zero-order valence-corrected chi connectivity index (χ0v) is 11.9. The number of anilines is 1. The molecule has 112 valence electrons. The molecule has 0 heterocycles. The van der Waals surface area contributed by atoms with Gasteiger partial charge in [0, 0.05) is 5.69 Å². The molecule has 0 aliphatic carbocycles. The van der Waals surface area contributed by atoms with Crippen LogP contribution < -0.4 is 10.1 Å². The molecular weight excluding hydrogens is 271 g/mol. The topological polar surface area (TPSA) is 38.3 Å². The molecule has 0 unspecified atom stereocenters. The first kappa shape index (κ1) is 16.3. The van der Waals surface area contributed by atoms with Crippen LogP contribution in [-0.2, 0) is 4.79 Å². The molecule has 0 spiro atoms. The van der Waals surface area contributed by atoms with Gasteiger partial charge in [-0.2, -0.15) is 13.2 Å². The summed E-state index contributed by atoms with van der Waals surface area (Å²) in [4.78, 5) is 10.9. The van der Waals surface area contributed by atoms with Gasteiger partial charge in [0.15, 0.2) is 0 Å². The molecule has 0 saturated carbocycles. The molecule has 1 rings (SSSR count). The fourth-order valence-electron chi connectivity index (χ4n) is 1.69. The SMILES string of the molecule is CC[C@@H](C)Oc1c(C)cc(NC(=O)C(F)(F)F)cc1C. The molecule has 0 radical (unpaired) electrons. The number of halogens is 3. The van der Waals surface area contributed by atoms with E-state index in [2.05, 4.69) is 0 Å². The number of aryl methyl sites for hydroxylation is 2. The van der Waals surface area contributed by atoms with Gasteiger partial charge in [-0.15, -0.1) is 0 Å². The predicted octanol–water partition coefficient (Wildman–Crippen LogP) is 3.98. The summed E-state index contributed by atoms with van der Waals surface area (Å²) in [7, 11) is 0. The van der Waals surface area contributed by atoms with Gasteiger partial charge in [0.2, 0.25) is 0 Å². The predicted molar refractivity (Wildman–Crippen MR) is 71.0 cm³/mol. The third kappa shape index (κ3) is 4.15. The Bertz CT molecular complexity index is 475. The van der Waals surface area contributed by atoms with Crippen molar-refractivity contribution < 1.29 is 22.7 Å². The van der Waals surface area contributed by atoms with Crippen LogP contribution >= 0.6 is 0 Å². The number of nitrogens with one attached hydrogen (secondary N) is 1. The normalized spacial score (nSPS) is 12.9. The van der Waals surface area contributed by atoms with E-state index in [0.717, 1.165) is 6.42 Å². The third-order valence-corrected chi connectivity index (χ3v) is 2.87. The number of hydrogen-bond donors (Lipinski definition) is 1. The molecular formula is C14H18F3NO2. The van der Waals surface area contributed by atoms with Crippen molar-refractivity contribution in [2.24, 2.45) is 0 Å². The van der Waals surface area contributed by atoms with E-state index in [4.69, 9.17) is 4.74 Å². The van der Waals surface area contributed by atoms with Crippen molar-refractivity contribution in [2.75, 3.05) is 5.32 Å². The lowest BCUT2D eigenvalue weighted by Gasteiger charge is -2.18. The first-order valence-corrected chi connectivity index (χ1v) is 6.31. The lowest BCUT2D eigenvalue weighted by molar-refractivity contribution is -0.167. The lowest BCUT2D eigenvalue weighted by Crippen LogP contribution is -2.30. The summed E-state index contributed by atoms with van der Waals surface area (Å²) < 4.78 is 42.3. The standard InChI is InChI=1S/C14H18F3NO2/c1-5-10(4)20-12-8(2)6-11(7-9(12)3)18-13(19)14(15,16)17/h6-7,10H,5H2,1-4H3,(H,18,19)/t10-/m1/s1. The van der Waals surface area contributed by atoms with E-state index in [1.165, 1.54) is 12.1 Å². The van der Waals surface area contributed by atoms with Gasteiger partial charge in [-0.05, 0) is 50.5 Å². The Morgan fingerprint density at radius 3 is 2.20 bits per heavy atom. The molecule has 6 heteroatoms. The number of rotatable bonds is 4. The average Bonchev–Trinajstić information content (AvgIpc) is 2.32. The highest BCUT2D eigenvalue weighted by atomic mass is 19.4. The number of benzene rings is 1. The summed E-state index contributed by atoms with van der Waals surface area (Å²) in [5.41, 5.74) is 1.48. The number of carbonyl (C=O) groups excluding carboxylic acids is 1. The summed E-state index contributed by atoms with van der Waals surface area (Å²) in [6, 6.07) is 2.93. The van der Waals surface area contributed by atoms with Crippen LogP contribution in [0.3, 0.4) is 0 Å². The summed E-state index contributed by atoms with van der Waals surface area (Å²) in [6.07, 6.45) is -4.05. The molecule has 1 N–H and O–H groups in total. The number of hydrogen-bond acceptors (Lipinski definition) is 2. The molecule has 3 nitrogen and oxygen atoms in total. The van der Waals surface area contributed by atoms with Crippen molar-refractivity contribution in [1.82, 2.24) is 0 Å². The Hall–Kier alpha value is -1.72. The Kier molecular flexibility index (Phi) is 5.03. The Morgan fingerprint density at radius 2 is 1.80 bits per heavy atom. The molecule has 0 aliphatic rings. The van der Waals surface area contributed by atoms with E-state index in [1.54, 1.807) is 13.8 Å². The quantitative estimate of drug-likeness (QED) is 0.910. The molecule has 1 atom stereocenters. The fourth-order valence-corrected chi connectivity index (χ4v) is 1.69. The molecule has 0 fully saturated rings. The van der Waals surface area contributed by atoms with Gasteiger partial charge in [-0.1, -0.05) is 6.92 Å². The molecule has 0 aromatic heterocycles. The molecule has 0 bridgehead atoms. The Balaban J connectivity index is 2.96. The number of alkyl halides is 3. The van der Waals surface area contributed by atoms with Gasteiger partial charge < -0.3 is 10.1 Å². The van der Waals surface area contributed by atoms with E-state index in [-0.39, 0.29) is 11.8 Å². The van der Waals surface area contributed by atoms with E-state index in [9.17, 15) is 18.0 Å². The monoisotopic (exact) mass is 289 g/mol. The molecule has 0 aliphatic heterocycles. The largest absolute Gasteiger partial charge is 0.490 e. The highest BCUT2D eigenvalue weighted by Crippen LogP contribution is 2.29. The second-order valence-corrected chi connectivity index (χ2v) is 4.73. The second kappa shape index (κ2) is 6.15. The van der Waals surface area contributed by atoms with Gasteiger partial charge in [0.1, 0.15) is 5.75 Å². The van der Waals surface area contributed by atoms with Crippen molar-refractivity contribution in [3.05, 3.63) is 23.3 Å². The van der Waals surface area contributed by atoms with E-state index < -0.39 is 12.1 Å². The number of carbonyl (C=O) groups is 1. The summed E-state index contributed by atoms with van der Waals surface area (Å²) in [6.45, 7) is 7.35. The lowest BCUT2D eigenvalue weighted by atomic mass is 10.1. The third-order valence-electron chi connectivity index (χ3n) is 2.87. The van der Waals surface area contributed by atoms with Crippen LogP contribution in [0.5, 0.6) is 5.75 Å². The first-order chi connectivity index (χ1) is 9.15. The van der Waals surface area contributed by atoms with Crippen molar-refractivity contribution >= 4 is 11.6 Å². The van der Waals surface area contributed by atoms with Crippen LogP contribution in [0.4, 0.5) is 18.9 Å². The van der Waals surface area contributed by atoms with Gasteiger partial charge in [0.25, 0.3) is 0 Å². The van der Waals surface area contributed by atoms with Crippen molar-refractivity contribution in [2.45, 2.75) is 46.4 Å².